The zero-order valence-corrected chi connectivity index (χ0v) is 66.1. The molecule has 0 saturated carbocycles. The van der Waals surface area contributed by atoms with Gasteiger partial charge in [-0.25, -0.2) is 21.6 Å². The zero-order chi connectivity index (χ0) is 80.9. The van der Waals surface area contributed by atoms with Crippen LogP contribution in [0.5, 0.6) is 0 Å². The quantitative estimate of drug-likeness (QED) is 0.0471. The second-order valence-corrected chi connectivity index (χ2v) is 31.4. The van der Waals surface area contributed by atoms with Gasteiger partial charge in [-0.2, -0.15) is 0 Å². The number of nitro groups is 1. The van der Waals surface area contributed by atoms with E-state index in [1.165, 1.54) is 36.4 Å². The highest BCUT2D eigenvalue weighted by Crippen LogP contribution is 2.40. The number of halogens is 6. The number of hydrogen-bond acceptors (Lipinski definition) is 14. The molecule has 0 unspecified atom stereocenters. The lowest BCUT2D eigenvalue weighted by Gasteiger charge is -2.12. The molecular formula is C87H59Cl6N11O9S2. The predicted octanol–water partition coefficient (Wildman–Crippen LogP) is 23.2. The maximum absolute atomic E-state index is 12.8. The van der Waals surface area contributed by atoms with Crippen molar-refractivity contribution in [1.82, 2.24) is 24.9 Å². The van der Waals surface area contributed by atoms with E-state index >= 15 is 0 Å². The minimum atomic E-state index is -4.12. The van der Waals surface area contributed by atoms with Crippen molar-refractivity contribution in [2.45, 2.75) is 9.79 Å². The number of amides is 4. The van der Waals surface area contributed by atoms with Gasteiger partial charge in [0.15, 0.2) is 9.84 Å². The maximum Gasteiger partial charge on any atom is 0.323 e. The van der Waals surface area contributed by atoms with Crippen LogP contribution in [0.1, 0.15) is 20.8 Å². The standard InChI is InChI=1S/C23H16Cl2N2O3S.C22H16ClN3O.C21H13Cl2N3O4S.C21H14ClN3O/c1-31(29,30)16-7-8-18(21(25)13-16)23(28)27-15-6-9-20(24)19(12-15)22-17-5-3-2-4-14(17)10-11-26-22;23-20-11-10-17(26-22(27)25-16-7-2-1-3-8-16)14-19(20)21-18-9-5-4-6-15(18)12-13-24-21;22-18-7-5-14(11-17(18)21-16-4-2-1-3-13(16)9-10-24-21)25-31(29,30)15-6-8-19(23)20(12-15)26(27)28;22-18-9-8-15(25-21(26)19-7-3-4-11-23-19)13-17(18)20-16-6-2-1-5-14(16)10-12-24-20/h2-13H,1H3,(H,27,28);1-14H,(H2,25,26,27);1-12,25H;1-13H,(H,25,26). The summed E-state index contributed by atoms with van der Waals surface area (Å²) < 4.78 is 51.4. The van der Waals surface area contributed by atoms with Gasteiger partial charge in [0.2, 0.25) is 0 Å². The second-order valence-electron chi connectivity index (χ2n) is 25.3. The first-order valence-electron chi connectivity index (χ1n) is 34.6. The Labute approximate surface area is 688 Å². The third kappa shape index (κ3) is 19.5. The number of nitrogens with zero attached hydrogens (tertiary/aromatic N) is 6. The molecule has 0 bridgehead atoms. The minimum absolute atomic E-state index is 0.0462. The van der Waals surface area contributed by atoms with Crippen LogP contribution >= 0.6 is 69.6 Å². The summed E-state index contributed by atoms with van der Waals surface area (Å²) in [5, 5.41) is 32.3. The number of fused-ring (bicyclic) bond motifs is 4. The van der Waals surface area contributed by atoms with Crippen LogP contribution in [0.2, 0.25) is 30.1 Å². The van der Waals surface area contributed by atoms with Gasteiger partial charge in [-0.15, -0.1) is 0 Å². The number of rotatable bonds is 15. The van der Waals surface area contributed by atoms with Crippen molar-refractivity contribution in [3.63, 3.8) is 0 Å². The molecule has 20 nitrogen and oxygen atoms in total. The van der Waals surface area contributed by atoms with E-state index in [0.29, 0.717) is 65.4 Å². The number of sulfonamides is 1. The summed E-state index contributed by atoms with van der Waals surface area (Å²) >= 11 is 37.6. The van der Waals surface area contributed by atoms with Gasteiger partial charge in [-0.05, 0) is 173 Å². The van der Waals surface area contributed by atoms with Gasteiger partial charge in [0, 0.05) is 116 Å². The van der Waals surface area contributed by atoms with Crippen LogP contribution in [0.4, 0.5) is 38.9 Å². The highest BCUT2D eigenvalue weighted by molar-refractivity contribution is 7.92. The van der Waals surface area contributed by atoms with Crippen molar-refractivity contribution in [3.8, 4) is 45.0 Å². The Bertz CT molecular complexity index is 6660. The Hall–Kier alpha value is -12.7. The van der Waals surface area contributed by atoms with E-state index < -0.39 is 36.4 Å². The predicted molar refractivity (Wildman–Crippen MR) is 461 cm³/mol. The molecule has 570 valence electrons. The molecule has 11 aromatic carbocycles. The highest BCUT2D eigenvalue weighted by Gasteiger charge is 2.24. The largest absolute Gasteiger partial charge is 0.323 e. The molecule has 16 aromatic rings. The smallest absolute Gasteiger partial charge is 0.322 e. The van der Waals surface area contributed by atoms with Crippen molar-refractivity contribution < 1.29 is 36.1 Å². The molecule has 0 aliphatic carbocycles. The molecule has 0 atom stereocenters. The SMILES string of the molecule is CS(=O)(=O)c1ccc(C(=O)Nc2ccc(Cl)c(-c3nccc4ccccc34)c2)c(Cl)c1.O=C(Nc1ccc(Cl)c(-c2nccc3ccccc23)c1)c1ccccn1.O=C(Nc1ccccc1)Nc1ccc(Cl)c(-c2nccc3ccccc23)c1.O=[N+]([O-])c1cc(S(=O)(=O)Nc2ccc(Cl)c(-c3nccc4ccccc34)c2)ccc1Cl. The number of carbonyl (C=O) groups is 3. The Kier molecular flexibility index (Phi) is 25.1. The third-order valence-corrected chi connectivity index (χ3v) is 22.0. The molecule has 0 aliphatic heterocycles. The summed E-state index contributed by atoms with van der Waals surface area (Å²) in [7, 11) is -7.54. The van der Waals surface area contributed by atoms with E-state index in [2.05, 4.69) is 50.9 Å². The number of sulfone groups is 1. The van der Waals surface area contributed by atoms with Gasteiger partial charge in [-0.1, -0.05) is 191 Å². The van der Waals surface area contributed by atoms with E-state index in [1.807, 2.05) is 164 Å². The number of nitro benzene ring substituents is 1. The molecule has 0 aliphatic rings. The number of carbonyl (C=O) groups excluding carboxylic acids is 3. The Morgan fingerprint density at radius 2 is 0.713 bits per heavy atom. The van der Waals surface area contributed by atoms with Crippen LogP contribution in [-0.2, 0) is 19.9 Å². The number of benzene rings is 11. The lowest BCUT2D eigenvalue weighted by Crippen LogP contribution is -2.19. The summed E-state index contributed by atoms with van der Waals surface area (Å²) in [6.45, 7) is 0. The van der Waals surface area contributed by atoms with Gasteiger partial charge in [-0.3, -0.25) is 49.3 Å². The summed E-state index contributed by atoms with van der Waals surface area (Å²) in [6, 6.07) is 81.0. The summed E-state index contributed by atoms with van der Waals surface area (Å²) in [5.74, 6) is -0.742. The lowest BCUT2D eigenvalue weighted by molar-refractivity contribution is -0.384. The fraction of sp³-hybridized carbons (Fsp3) is 0.0115. The average molecular weight is 1680 g/mol. The minimum Gasteiger partial charge on any atom is -0.322 e. The van der Waals surface area contributed by atoms with Crippen LogP contribution in [0, 0.1) is 10.1 Å². The van der Waals surface area contributed by atoms with E-state index in [4.69, 9.17) is 69.6 Å². The fourth-order valence-corrected chi connectivity index (χ4v) is 15.2. The number of hydrogen-bond donors (Lipinski definition) is 5. The van der Waals surface area contributed by atoms with Crippen LogP contribution < -0.4 is 26.0 Å². The summed E-state index contributed by atoms with van der Waals surface area (Å²) in [6.07, 6.45) is 9.54. The number of anilines is 5. The Morgan fingerprint density at radius 3 is 1.13 bits per heavy atom. The highest BCUT2D eigenvalue weighted by atomic mass is 35.5. The van der Waals surface area contributed by atoms with Crippen molar-refractivity contribution in [2.24, 2.45) is 0 Å². The molecule has 0 fully saturated rings. The Morgan fingerprint density at radius 1 is 0.339 bits per heavy atom. The normalized spacial score (nSPS) is 11.1. The maximum atomic E-state index is 12.8. The van der Waals surface area contributed by atoms with E-state index in [9.17, 15) is 41.3 Å². The van der Waals surface area contributed by atoms with Crippen molar-refractivity contribution in [3.05, 3.63) is 362 Å². The van der Waals surface area contributed by atoms with Gasteiger partial charge in [0.25, 0.3) is 27.5 Å². The van der Waals surface area contributed by atoms with Crippen LogP contribution in [0.15, 0.2) is 320 Å². The Balaban J connectivity index is 0.000000134. The number of nitrogens with one attached hydrogen (secondary N) is 5. The molecule has 4 amide bonds. The van der Waals surface area contributed by atoms with Crippen molar-refractivity contribution in [2.75, 3.05) is 32.2 Å². The van der Waals surface area contributed by atoms with E-state index in [1.54, 1.807) is 104 Å². The summed E-state index contributed by atoms with van der Waals surface area (Å²) in [4.78, 5) is 69.4. The number of aromatic nitrogens is 5. The molecule has 16 rings (SSSR count). The first-order chi connectivity index (χ1) is 55.4. The van der Waals surface area contributed by atoms with Crippen LogP contribution in [0.3, 0.4) is 0 Å². The zero-order valence-electron chi connectivity index (χ0n) is 59.9. The summed E-state index contributed by atoms with van der Waals surface area (Å²) in [5.41, 5.74) is 8.36. The molecule has 5 N–H and O–H groups in total. The van der Waals surface area contributed by atoms with Gasteiger partial charge >= 0.3 is 6.03 Å². The topological polar surface area (TPSA) is 287 Å². The van der Waals surface area contributed by atoms with Crippen LogP contribution in [-0.4, -0.2) is 70.8 Å². The van der Waals surface area contributed by atoms with Gasteiger partial charge in [0.05, 0.1) is 68.2 Å². The van der Waals surface area contributed by atoms with E-state index in [-0.39, 0.29) is 43.0 Å². The molecular weight excluding hydrogens is 1620 g/mol. The number of para-hydroxylation sites is 1. The fourth-order valence-electron chi connectivity index (χ4n) is 12.1. The van der Waals surface area contributed by atoms with Crippen molar-refractivity contribution in [1.29, 1.82) is 0 Å². The monoisotopic (exact) mass is 1680 g/mol. The third-order valence-electron chi connectivity index (χ3n) is 17.6. The average Bonchev–Trinajstić information content (AvgIpc) is 0.793. The molecule has 0 spiro atoms. The first kappa shape index (κ1) is 80.3. The second kappa shape index (κ2) is 36.0. The lowest BCUT2D eigenvalue weighted by atomic mass is 10.0. The molecule has 0 radical (unpaired) electrons. The molecule has 5 aromatic heterocycles. The molecule has 5 heterocycles. The molecule has 28 heteroatoms. The van der Waals surface area contributed by atoms with Gasteiger partial charge in [0.1, 0.15) is 10.7 Å². The van der Waals surface area contributed by atoms with E-state index in [0.717, 1.165) is 83.6 Å². The number of pyridine rings is 5. The van der Waals surface area contributed by atoms with Crippen LogP contribution in [0.25, 0.3) is 88.1 Å². The number of urea groups is 1. The molecule has 115 heavy (non-hydrogen) atoms. The van der Waals surface area contributed by atoms with Gasteiger partial charge < -0.3 is 21.3 Å². The first-order valence-corrected chi connectivity index (χ1v) is 40.2. The molecule has 0 saturated heterocycles. The van der Waals surface area contributed by atoms with Crippen molar-refractivity contribution >= 4 is 185 Å².